The average Bonchev–Trinajstić information content (AvgIpc) is 3.47. The standard InChI is InChI=1S/C24H20ClN5O2S/c1-24(2,3)22-27-20(30-32-22)13-33-23-29-28-21(31-23)17-12-19(14-8-10-15(25)11-9-14)26-18-7-5-4-6-16(17)18/h4-12H,13H2,1-3H3. The lowest BCUT2D eigenvalue weighted by atomic mass is 9.97. The summed E-state index contributed by atoms with van der Waals surface area (Å²) in [5.41, 5.74) is 3.22. The van der Waals surface area contributed by atoms with Crippen molar-refractivity contribution in [2.75, 3.05) is 0 Å². The predicted octanol–water partition coefficient (Wildman–Crippen LogP) is 6.58. The van der Waals surface area contributed by atoms with Crippen molar-refractivity contribution >= 4 is 34.3 Å². The second-order valence-electron chi connectivity index (χ2n) is 8.51. The van der Waals surface area contributed by atoms with Crippen LogP contribution >= 0.6 is 23.4 Å². The van der Waals surface area contributed by atoms with Gasteiger partial charge in [0.25, 0.3) is 5.22 Å². The van der Waals surface area contributed by atoms with Gasteiger partial charge in [-0.15, -0.1) is 10.2 Å². The first-order valence-electron chi connectivity index (χ1n) is 10.3. The van der Waals surface area contributed by atoms with E-state index in [1.54, 1.807) is 0 Å². The third-order valence-electron chi connectivity index (χ3n) is 4.93. The molecule has 0 aliphatic carbocycles. The van der Waals surface area contributed by atoms with Gasteiger partial charge in [0.1, 0.15) is 0 Å². The first-order valence-corrected chi connectivity index (χ1v) is 11.7. The van der Waals surface area contributed by atoms with Crippen molar-refractivity contribution in [2.24, 2.45) is 0 Å². The van der Waals surface area contributed by atoms with Crippen molar-refractivity contribution in [3.63, 3.8) is 0 Å². The third kappa shape index (κ3) is 4.62. The van der Waals surface area contributed by atoms with E-state index in [2.05, 4.69) is 20.3 Å². The quantitative estimate of drug-likeness (QED) is 0.262. The molecule has 0 bridgehead atoms. The normalized spacial score (nSPS) is 11.9. The van der Waals surface area contributed by atoms with Crippen LogP contribution in [-0.4, -0.2) is 25.3 Å². The molecule has 0 saturated heterocycles. The van der Waals surface area contributed by atoms with Crippen molar-refractivity contribution in [1.82, 2.24) is 25.3 Å². The number of thioether (sulfide) groups is 1. The van der Waals surface area contributed by atoms with E-state index < -0.39 is 0 Å². The molecule has 7 nitrogen and oxygen atoms in total. The molecule has 0 aliphatic rings. The molecule has 0 amide bonds. The van der Waals surface area contributed by atoms with Gasteiger partial charge in [-0.25, -0.2) is 4.98 Å². The molecular weight excluding hydrogens is 458 g/mol. The number of para-hydroxylation sites is 1. The molecule has 3 aromatic heterocycles. The Morgan fingerprint density at radius 1 is 0.970 bits per heavy atom. The number of fused-ring (bicyclic) bond motifs is 1. The summed E-state index contributed by atoms with van der Waals surface area (Å²) >= 11 is 7.42. The number of benzene rings is 2. The van der Waals surface area contributed by atoms with Gasteiger partial charge in [0.05, 0.1) is 22.5 Å². The Balaban J connectivity index is 1.44. The molecule has 2 aromatic carbocycles. The van der Waals surface area contributed by atoms with Crippen LogP contribution < -0.4 is 0 Å². The minimum absolute atomic E-state index is 0.197. The zero-order valence-corrected chi connectivity index (χ0v) is 19.8. The van der Waals surface area contributed by atoms with Gasteiger partial charge < -0.3 is 8.94 Å². The number of hydrogen-bond acceptors (Lipinski definition) is 8. The van der Waals surface area contributed by atoms with Gasteiger partial charge in [-0.3, -0.25) is 0 Å². The minimum atomic E-state index is -0.197. The molecule has 0 aliphatic heterocycles. The third-order valence-corrected chi connectivity index (χ3v) is 5.99. The number of hydrogen-bond donors (Lipinski definition) is 0. The molecule has 5 rings (SSSR count). The summed E-state index contributed by atoms with van der Waals surface area (Å²) in [6.45, 7) is 6.08. The van der Waals surface area contributed by atoms with E-state index in [9.17, 15) is 0 Å². The molecule has 0 fully saturated rings. The number of rotatable bonds is 5. The molecule has 3 heterocycles. The van der Waals surface area contributed by atoms with Crippen LogP contribution in [-0.2, 0) is 11.2 Å². The molecule has 5 aromatic rings. The Labute approximate surface area is 199 Å². The fourth-order valence-electron chi connectivity index (χ4n) is 3.24. The van der Waals surface area contributed by atoms with E-state index in [0.29, 0.717) is 33.6 Å². The largest absolute Gasteiger partial charge is 0.411 e. The summed E-state index contributed by atoms with van der Waals surface area (Å²) in [6, 6.07) is 17.4. The Hall–Kier alpha value is -3.23. The van der Waals surface area contributed by atoms with Crippen LogP contribution in [0, 0.1) is 0 Å². The number of halogens is 1. The zero-order chi connectivity index (χ0) is 23.0. The fraction of sp³-hybridized carbons (Fsp3) is 0.208. The molecular formula is C24H20ClN5O2S. The topological polar surface area (TPSA) is 90.7 Å². The molecule has 0 saturated carbocycles. The Kier molecular flexibility index (Phi) is 5.64. The van der Waals surface area contributed by atoms with Crippen molar-refractivity contribution < 1.29 is 8.94 Å². The van der Waals surface area contributed by atoms with Crippen molar-refractivity contribution in [1.29, 1.82) is 0 Å². The molecule has 0 spiro atoms. The van der Waals surface area contributed by atoms with Crippen LogP contribution in [0.2, 0.25) is 5.02 Å². The molecule has 33 heavy (non-hydrogen) atoms. The molecule has 9 heteroatoms. The highest BCUT2D eigenvalue weighted by atomic mass is 35.5. The number of aromatic nitrogens is 5. The van der Waals surface area contributed by atoms with Crippen molar-refractivity contribution in [3.8, 4) is 22.7 Å². The molecule has 166 valence electrons. The van der Waals surface area contributed by atoms with Crippen LogP contribution in [0.3, 0.4) is 0 Å². The molecule has 0 radical (unpaired) electrons. The van der Waals surface area contributed by atoms with E-state index in [4.69, 9.17) is 25.5 Å². The summed E-state index contributed by atoms with van der Waals surface area (Å²) in [5.74, 6) is 2.08. The zero-order valence-electron chi connectivity index (χ0n) is 18.2. The van der Waals surface area contributed by atoms with E-state index in [-0.39, 0.29) is 5.41 Å². The second-order valence-corrected chi connectivity index (χ2v) is 9.87. The lowest BCUT2D eigenvalue weighted by Gasteiger charge is -2.10. The Morgan fingerprint density at radius 3 is 2.52 bits per heavy atom. The van der Waals surface area contributed by atoms with E-state index in [1.165, 1.54) is 11.8 Å². The van der Waals surface area contributed by atoms with Gasteiger partial charge in [-0.2, -0.15) is 4.98 Å². The maximum Gasteiger partial charge on any atom is 0.277 e. The molecule has 0 N–H and O–H groups in total. The SMILES string of the molecule is CC(C)(C)c1nc(CSc2nnc(-c3cc(-c4ccc(Cl)cc4)nc4ccccc34)o2)no1. The van der Waals surface area contributed by atoms with Crippen LogP contribution in [0.15, 0.2) is 68.8 Å². The maximum absolute atomic E-state index is 6.05. The number of nitrogens with zero attached hydrogens (tertiary/aromatic N) is 5. The summed E-state index contributed by atoms with van der Waals surface area (Å²) in [6.07, 6.45) is 0. The maximum atomic E-state index is 6.05. The lowest BCUT2D eigenvalue weighted by molar-refractivity contribution is 0.319. The summed E-state index contributed by atoms with van der Waals surface area (Å²) in [4.78, 5) is 9.25. The summed E-state index contributed by atoms with van der Waals surface area (Å²) in [5, 5.41) is 14.6. The molecule has 0 atom stereocenters. The minimum Gasteiger partial charge on any atom is -0.411 e. The predicted molar refractivity (Wildman–Crippen MR) is 128 cm³/mol. The van der Waals surface area contributed by atoms with Crippen LogP contribution in [0.1, 0.15) is 32.5 Å². The van der Waals surface area contributed by atoms with E-state index in [1.807, 2.05) is 75.4 Å². The Morgan fingerprint density at radius 2 is 1.76 bits per heavy atom. The van der Waals surface area contributed by atoms with Gasteiger partial charge in [0.15, 0.2) is 5.82 Å². The van der Waals surface area contributed by atoms with Gasteiger partial charge in [0, 0.05) is 21.4 Å². The smallest absolute Gasteiger partial charge is 0.277 e. The van der Waals surface area contributed by atoms with Gasteiger partial charge in [-0.1, -0.05) is 79.6 Å². The average molecular weight is 478 g/mol. The first-order chi connectivity index (χ1) is 15.9. The highest BCUT2D eigenvalue weighted by molar-refractivity contribution is 7.98. The van der Waals surface area contributed by atoms with E-state index >= 15 is 0 Å². The van der Waals surface area contributed by atoms with Crippen LogP contribution in [0.5, 0.6) is 0 Å². The monoisotopic (exact) mass is 477 g/mol. The first kappa shape index (κ1) is 21.6. The van der Waals surface area contributed by atoms with Crippen LogP contribution in [0.4, 0.5) is 0 Å². The van der Waals surface area contributed by atoms with Crippen molar-refractivity contribution in [2.45, 2.75) is 37.2 Å². The molecule has 0 unspecified atom stereocenters. The van der Waals surface area contributed by atoms with Crippen LogP contribution in [0.25, 0.3) is 33.6 Å². The second kappa shape index (κ2) is 8.61. The fourth-order valence-corrected chi connectivity index (χ4v) is 3.97. The highest BCUT2D eigenvalue weighted by Crippen LogP contribution is 2.33. The Bertz CT molecular complexity index is 1420. The summed E-state index contributed by atoms with van der Waals surface area (Å²) in [7, 11) is 0. The lowest BCUT2D eigenvalue weighted by Crippen LogP contribution is -2.11. The van der Waals surface area contributed by atoms with Crippen molar-refractivity contribution in [3.05, 3.63) is 71.3 Å². The highest BCUT2D eigenvalue weighted by Gasteiger charge is 2.22. The van der Waals surface area contributed by atoms with Gasteiger partial charge >= 0.3 is 0 Å². The van der Waals surface area contributed by atoms with Gasteiger partial charge in [0.2, 0.25) is 11.8 Å². The number of pyridine rings is 1. The van der Waals surface area contributed by atoms with Gasteiger partial charge in [-0.05, 0) is 24.3 Å². The summed E-state index contributed by atoms with van der Waals surface area (Å²) < 4.78 is 11.3. The van der Waals surface area contributed by atoms with E-state index in [0.717, 1.165) is 27.7 Å².